The molecular weight excluding hydrogens is 515 g/mol. The van der Waals surface area contributed by atoms with Crippen LogP contribution in [0.15, 0.2) is 57.5 Å². The minimum atomic E-state index is 1.01. The van der Waals surface area contributed by atoms with Crippen LogP contribution < -0.4 is 0 Å². The second kappa shape index (κ2) is 9.53. The van der Waals surface area contributed by atoms with Crippen molar-refractivity contribution >= 4 is 35.1 Å². The predicted octanol–water partition coefficient (Wildman–Crippen LogP) is 6.78. The van der Waals surface area contributed by atoms with Gasteiger partial charge in [-0.25, -0.2) is 12.2 Å². The summed E-state index contributed by atoms with van der Waals surface area (Å²) in [7, 11) is 0. The fourth-order valence-electron chi connectivity index (χ4n) is 2.72. The molecule has 5 rings (SSSR count). The SMILES string of the molecule is Brc1c[c-]c2c(c1)-c1cc(Br)ccc1C2.[C-]1=CC=CC1.[Zr+2]=[C]1CCC1. The molecule has 0 aliphatic heterocycles. The van der Waals surface area contributed by atoms with Crippen LogP contribution in [0.3, 0.4) is 0 Å². The van der Waals surface area contributed by atoms with Crippen molar-refractivity contribution in [1.29, 1.82) is 0 Å². The molecule has 3 aliphatic carbocycles. The molecule has 2 aromatic carbocycles. The van der Waals surface area contributed by atoms with E-state index in [9.17, 15) is 0 Å². The molecule has 0 N–H and O–H groups in total. The van der Waals surface area contributed by atoms with Crippen LogP contribution in [0.2, 0.25) is 0 Å². The quantitative estimate of drug-likeness (QED) is 0.280. The van der Waals surface area contributed by atoms with Gasteiger partial charge in [-0.2, -0.15) is 29.8 Å². The van der Waals surface area contributed by atoms with Gasteiger partial charge in [0.1, 0.15) is 0 Å². The summed E-state index contributed by atoms with van der Waals surface area (Å²) in [6.07, 6.45) is 15.4. The monoisotopic (exact) mass is 530 g/mol. The Labute approximate surface area is 182 Å². The Morgan fingerprint density at radius 1 is 1.00 bits per heavy atom. The topological polar surface area (TPSA) is 0 Å². The number of hydrogen-bond donors (Lipinski definition) is 0. The molecule has 0 unspecified atom stereocenters. The van der Waals surface area contributed by atoms with Gasteiger partial charge in [0.15, 0.2) is 0 Å². The Bertz CT molecular complexity index is 768. The third-order valence-corrected chi connectivity index (χ3v) is 6.44. The molecule has 0 atom stereocenters. The van der Waals surface area contributed by atoms with Gasteiger partial charge in [0.25, 0.3) is 0 Å². The molecular formula is C22H18Br2Zr. The van der Waals surface area contributed by atoms with Crippen LogP contribution in [-0.4, -0.2) is 3.21 Å². The van der Waals surface area contributed by atoms with Crippen molar-refractivity contribution in [2.24, 2.45) is 0 Å². The molecule has 25 heavy (non-hydrogen) atoms. The number of rotatable bonds is 0. The van der Waals surface area contributed by atoms with E-state index in [1.807, 2.05) is 18.2 Å². The first-order valence-electron chi connectivity index (χ1n) is 8.40. The summed E-state index contributed by atoms with van der Waals surface area (Å²) in [5, 5.41) is 0. The van der Waals surface area contributed by atoms with Crippen LogP contribution in [0.25, 0.3) is 11.1 Å². The van der Waals surface area contributed by atoms with Gasteiger partial charge >= 0.3 is 46.7 Å². The summed E-state index contributed by atoms with van der Waals surface area (Å²) in [5.74, 6) is 0. The number of hydrogen-bond acceptors (Lipinski definition) is 0. The van der Waals surface area contributed by atoms with Crippen LogP contribution in [-0.2, 0) is 30.7 Å². The Kier molecular flexibility index (Phi) is 7.40. The van der Waals surface area contributed by atoms with E-state index < -0.39 is 0 Å². The van der Waals surface area contributed by atoms with Gasteiger partial charge in [0.05, 0.1) is 0 Å². The molecule has 0 spiro atoms. The van der Waals surface area contributed by atoms with Crippen LogP contribution >= 0.6 is 31.9 Å². The Balaban J connectivity index is 0.000000148. The van der Waals surface area contributed by atoms with Crippen LogP contribution in [0, 0.1) is 12.1 Å². The first-order valence-corrected chi connectivity index (χ1v) is 11.2. The van der Waals surface area contributed by atoms with E-state index in [0.717, 1.165) is 21.8 Å². The van der Waals surface area contributed by atoms with Gasteiger partial charge in [0, 0.05) is 4.47 Å². The van der Waals surface area contributed by atoms with E-state index in [1.165, 1.54) is 41.5 Å². The van der Waals surface area contributed by atoms with E-state index in [2.05, 4.69) is 74.3 Å². The molecule has 1 fully saturated rings. The first kappa shape index (κ1) is 19.4. The zero-order chi connectivity index (χ0) is 17.6. The summed E-state index contributed by atoms with van der Waals surface area (Å²) in [4.78, 5) is 0. The van der Waals surface area contributed by atoms with Gasteiger partial charge in [0.2, 0.25) is 0 Å². The van der Waals surface area contributed by atoms with Gasteiger partial charge in [-0.3, -0.25) is 6.08 Å². The molecule has 0 aromatic heterocycles. The fourth-order valence-corrected chi connectivity index (χ4v) is 4.30. The standard InChI is InChI=1S/C13H7Br2.C5H5.C4H6.Zr/c14-10-3-1-8-5-9-2-4-11(15)7-13(9)12(8)6-10;1-2-4-5-3-1;1-2-4-3-1;/h1,3-4,6-7H,5H2;1-3H,4H2;1-3H2;/q2*-1;;+2. The Morgan fingerprint density at radius 3 is 2.32 bits per heavy atom. The summed E-state index contributed by atoms with van der Waals surface area (Å²) >= 11 is 8.68. The molecule has 0 heterocycles. The van der Waals surface area contributed by atoms with Crippen molar-refractivity contribution in [2.45, 2.75) is 32.1 Å². The molecule has 0 bridgehead atoms. The first-order chi connectivity index (χ1) is 12.1. The number of allylic oxidation sites excluding steroid dienone is 4. The summed E-state index contributed by atoms with van der Waals surface area (Å²) < 4.78 is 4.00. The molecule has 0 amide bonds. The molecule has 0 nitrogen and oxygen atoms in total. The van der Waals surface area contributed by atoms with Gasteiger partial charge < -0.3 is 0 Å². The second-order valence-electron chi connectivity index (χ2n) is 6.15. The maximum atomic E-state index is 3.51. The van der Waals surface area contributed by atoms with Crippen molar-refractivity contribution in [1.82, 2.24) is 0 Å². The minimum absolute atomic E-state index is 1.01. The molecule has 0 saturated heterocycles. The van der Waals surface area contributed by atoms with Crippen molar-refractivity contribution in [3.8, 4) is 11.1 Å². The Hall–Kier alpha value is -0.367. The third-order valence-electron chi connectivity index (χ3n) is 4.26. The average molecular weight is 533 g/mol. The number of benzene rings is 2. The van der Waals surface area contributed by atoms with Crippen molar-refractivity contribution in [3.05, 3.63) is 80.8 Å². The van der Waals surface area contributed by atoms with Gasteiger partial charge in [-0.15, -0.1) is 27.9 Å². The average Bonchev–Trinajstić information content (AvgIpc) is 3.25. The van der Waals surface area contributed by atoms with E-state index >= 15 is 0 Å². The van der Waals surface area contributed by atoms with E-state index in [-0.39, 0.29) is 0 Å². The molecule has 3 heteroatoms. The van der Waals surface area contributed by atoms with E-state index in [4.69, 9.17) is 0 Å². The zero-order valence-electron chi connectivity index (χ0n) is 13.9. The fraction of sp³-hybridized carbons (Fsp3) is 0.227. The summed E-state index contributed by atoms with van der Waals surface area (Å²) in [6, 6.07) is 13.9. The third kappa shape index (κ3) is 5.55. The second-order valence-corrected chi connectivity index (χ2v) is 9.72. The molecule has 0 radical (unpaired) electrons. The van der Waals surface area contributed by atoms with Crippen molar-refractivity contribution < 1.29 is 24.2 Å². The molecule has 2 aromatic rings. The number of halogens is 2. The van der Waals surface area contributed by atoms with Crippen molar-refractivity contribution in [3.63, 3.8) is 0 Å². The van der Waals surface area contributed by atoms with Crippen molar-refractivity contribution in [2.75, 3.05) is 0 Å². The van der Waals surface area contributed by atoms with Crippen LogP contribution in [0.1, 0.15) is 36.8 Å². The van der Waals surface area contributed by atoms with Crippen LogP contribution in [0.5, 0.6) is 0 Å². The van der Waals surface area contributed by atoms with Gasteiger partial charge in [-0.1, -0.05) is 38.1 Å². The normalized spacial score (nSPS) is 15.4. The Morgan fingerprint density at radius 2 is 1.76 bits per heavy atom. The predicted molar refractivity (Wildman–Crippen MR) is 109 cm³/mol. The molecule has 1 saturated carbocycles. The van der Waals surface area contributed by atoms with E-state index in [1.54, 1.807) is 27.4 Å². The molecule has 124 valence electrons. The summed E-state index contributed by atoms with van der Waals surface area (Å²) in [6.45, 7) is 0. The van der Waals surface area contributed by atoms with Gasteiger partial charge in [-0.05, 0) is 18.1 Å². The van der Waals surface area contributed by atoms with Crippen LogP contribution in [0.4, 0.5) is 0 Å². The zero-order valence-corrected chi connectivity index (χ0v) is 19.5. The number of fused-ring (bicyclic) bond motifs is 3. The maximum absolute atomic E-state index is 3.51. The molecule has 3 aliphatic rings. The van der Waals surface area contributed by atoms with E-state index in [0.29, 0.717) is 0 Å². The summed E-state index contributed by atoms with van der Waals surface area (Å²) in [5.41, 5.74) is 5.33.